The van der Waals surface area contributed by atoms with Gasteiger partial charge in [0.05, 0.1) is 15.6 Å². The van der Waals surface area contributed by atoms with Crippen LogP contribution in [0.15, 0.2) is 52.1 Å². The summed E-state index contributed by atoms with van der Waals surface area (Å²) in [5.41, 5.74) is 0.612. The van der Waals surface area contributed by atoms with Gasteiger partial charge in [-0.2, -0.15) is 13.2 Å². The van der Waals surface area contributed by atoms with Gasteiger partial charge in [0, 0.05) is 11.3 Å². The lowest BCUT2D eigenvalue weighted by Gasteiger charge is -2.05. The van der Waals surface area contributed by atoms with Gasteiger partial charge >= 0.3 is 6.18 Å². The minimum atomic E-state index is -4.38. The van der Waals surface area contributed by atoms with Gasteiger partial charge in [0.15, 0.2) is 0 Å². The Morgan fingerprint density at radius 1 is 0.960 bits per heavy atom. The molecule has 0 bridgehead atoms. The van der Waals surface area contributed by atoms with Crippen molar-refractivity contribution in [2.45, 2.75) is 17.2 Å². The van der Waals surface area contributed by atoms with E-state index in [0.29, 0.717) is 26.6 Å². The molecule has 0 radical (unpaired) electrons. The molecule has 0 fully saturated rings. The molecule has 0 amide bonds. The van der Waals surface area contributed by atoms with Crippen molar-refractivity contribution in [2.75, 3.05) is 0 Å². The van der Waals surface area contributed by atoms with E-state index < -0.39 is 11.7 Å². The molecule has 0 saturated carbocycles. The third-order valence-corrected chi connectivity index (χ3v) is 4.84. The first-order valence-electron chi connectivity index (χ1n) is 6.91. The molecule has 0 aliphatic rings. The van der Waals surface area contributed by atoms with Crippen LogP contribution in [0.25, 0.3) is 11.5 Å². The van der Waals surface area contributed by atoms with Gasteiger partial charge in [0.2, 0.25) is 5.89 Å². The molecule has 0 N–H and O–H groups in total. The van der Waals surface area contributed by atoms with Crippen LogP contribution in [0.3, 0.4) is 0 Å². The second-order valence-corrected chi connectivity index (χ2v) is 6.73. The summed E-state index contributed by atoms with van der Waals surface area (Å²) in [6.45, 7) is 0. The SMILES string of the molecule is FC(F)(F)c1ccc(-c2nnc(SCc3ccc(Cl)c(Cl)c3)o2)cc1. The zero-order chi connectivity index (χ0) is 18.0. The Labute approximate surface area is 155 Å². The Morgan fingerprint density at radius 2 is 1.68 bits per heavy atom. The number of alkyl halides is 3. The maximum Gasteiger partial charge on any atom is 0.416 e. The first-order valence-corrected chi connectivity index (χ1v) is 8.65. The highest BCUT2D eigenvalue weighted by Gasteiger charge is 2.30. The molecule has 0 saturated heterocycles. The first kappa shape index (κ1) is 18.1. The molecular weight excluding hydrogens is 396 g/mol. The lowest BCUT2D eigenvalue weighted by Crippen LogP contribution is -2.03. The average molecular weight is 405 g/mol. The van der Waals surface area contributed by atoms with Crippen molar-refractivity contribution in [3.63, 3.8) is 0 Å². The first-order chi connectivity index (χ1) is 11.8. The normalized spacial score (nSPS) is 11.7. The minimum Gasteiger partial charge on any atom is -0.411 e. The average Bonchev–Trinajstić information content (AvgIpc) is 3.04. The number of hydrogen-bond donors (Lipinski definition) is 0. The number of halogens is 5. The number of nitrogens with zero attached hydrogens (tertiary/aromatic N) is 2. The van der Waals surface area contributed by atoms with Gasteiger partial charge in [-0.3, -0.25) is 0 Å². The van der Waals surface area contributed by atoms with E-state index in [-0.39, 0.29) is 5.89 Å². The van der Waals surface area contributed by atoms with Crippen LogP contribution in [0.4, 0.5) is 13.2 Å². The van der Waals surface area contributed by atoms with Crippen molar-refractivity contribution in [1.29, 1.82) is 0 Å². The highest BCUT2D eigenvalue weighted by Crippen LogP contribution is 2.32. The van der Waals surface area contributed by atoms with Gasteiger partial charge < -0.3 is 4.42 Å². The van der Waals surface area contributed by atoms with E-state index in [4.69, 9.17) is 27.6 Å². The van der Waals surface area contributed by atoms with Gasteiger partial charge in [-0.25, -0.2) is 0 Å². The topological polar surface area (TPSA) is 38.9 Å². The van der Waals surface area contributed by atoms with Crippen LogP contribution in [0.5, 0.6) is 0 Å². The molecule has 1 heterocycles. The van der Waals surface area contributed by atoms with Crippen LogP contribution >= 0.6 is 35.0 Å². The molecule has 3 rings (SSSR count). The third kappa shape index (κ3) is 4.48. The van der Waals surface area contributed by atoms with E-state index in [1.807, 2.05) is 6.07 Å². The van der Waals surface area contributed by atoms with E-state index in [1.54, 1.807) is 12.1 Å². The summed E-state index contributed by atoms with van der Waals surface area (Å²) >= 11 is 13.1. The van der Waals surface area contributed by atoms with Crippen molar-refractivity contribution in [3.8, 4) is 11.5 Å². The van der Waals surface area contributed by atoms with Crippen molar-refractivity contribution in [3.05, 3.63) is 63.6 Å². The minimum absolute atomic E-state index is 0.158. The van der Waals surface area contributed by atoms with Crippen molar-refractivity contribution in [1.82, 2.24) is 10.2 Å². The molecular formula is C16H9Cl2F3N2OS. The molecule has 9 heteroatoms. The van der Waals surface area contributed by atoms with E-state index in [0.717, 1.165) is 17.7 Å². The van der Waals surface area contributed by atoms with Crippen LogP contribution in [0.1, 0.15) is 11.1 Å². The summed E-state index contributed by atoms with van der Waals surface area (Å²) in [5.74, 6) is 0.691. The number of hydrogen-bond acceptors (Lipinski definition) is 4. The fourth-order valence-electron chi connectivity index (χ4n) is 1.96. The molecule has 0 spiro atoms. The van der Waals surface area contributed by atoms with Crippen LogP contribution in [-0.2, 0) is 11.9 Å². The summed E-state index contributed by atoms with van der Waals surface area (Å²) in [6, 6.07) is 9.80. The fraction of sp³-hybridized carbons (Fsp3) is 0.125. The van der Waals surface area contributed by atoms with Crippen LogP contribution in [0.2, 0.25) is 10.0 Å². The van der Waals surface area contributed by atoms with Crippen LogP contribution in [-0.4, -0.2) is 10.2 Å². The number of rotatable bonds is 4. The van der Waals surface area contributed by atoms with Crippen LogP contribution in [0, 0.1) is 0 Å². The number of aromatic nitrogens is 2. The highest BCUT2D eigenvalue weighted by atomic mass is 35.5. The lowest BCUT2D eigenvalue weighted by molar-refractivity contribution is -0.137. The van der Waals surface area contributed by atoms with E-state index in [1.165, 1.54) is 23.9 Å². The summed E-state index contributed by atoms with van der Waals surface area (Å²) in [5, 5.41) is 8.97. The predicted octanol–water partition coefficient (Wildman–Crippen LogP) is 6.35. The van der Waals surface area contributed by atoms with E-state index in [9.17, 15) is 13.2 Å². The van der Waals surface area contributed by atoms with Crippen molar-refractivity contribution >= 4 is 35.0 Å². The zero-order valence-electron chi connectivity index (χ0n) is 12.3. The Hall–Kier alpha value is -1.70. The second kappa shape index (κ2) is 7.27. The lowest BCUT2D eigenvalue weighted by atomic mass is 10.1. The maximum atomic E-state index is 12.6. The molecule has 0 unspecified atom stereocenters. The van der Waals surface area contributed by atoms with Crippen LogP contribution < -0.4 is 0 Å². The summed E-state index contributed by atoms with van der Waals surface area (Å²) in [7, 11) is 0. The monoisotopic (exact) mass is 404 g/mol. The molecule has 0 atom stereocenters. The summed E-state index contributed by atoms with van der Waals surface area (Å²) in [4.78, 5) is 0. The maximum absolute atomic E-state index is 12.6. The molecule has 130 valence electrons. The highest BCUT2D eigenvalue weighted by molar-refractivity contribution is 7.98. The molecule has 1 aromatic heterocycles. The Balaban J connectivity index is 1.68. The number of thioether (sulfide) groups is 1. The Bertz CT molecular complexity index is 882. The molecule has 0 aliphatic carbocycles. The molecule has 0 aliphatic heterocycles. The van der Waals surface area contributed by atoms with Crippen molar-refractivity contribution < 1.29 is 17.6 Å². The van der Waals surface area contributed by atoms with Crippen molar-refractivity contribution in [2.24, 2.45) is 0 Å². The predicted molar refractivity (Wildman–Crippen MR) is 90.8 cm³/mol. The zero-order valence-corrected chi connectivity index (χ0v) is 14.7. The van der Waals surface area contributed by atoms with E-state index in [2.05, 4.69) is 10.2 Å². The van der Waals surface area contributed by atoms with E-state index >= 15 is 0 Å². The largest absolute Gasteiger partial charge is 0.416 e. The quantitative estimate of drug-likeness (QED) is 0.474. The van der Waals surface area contributed by atoms with Gasteiger partial charge in [-0.15, -0.1) is 10.2 Å². The van der Waals surface area contributed by atoms with Gasteiger partial charge in [-0.1, -0.05) is 41.0 Å². The van der Waals surface area contributed by atoms with Gasteiger partial charge in [-0.05, 0) is 42.0 Å². The van der Waals surface area contributed by atoms with Gasteiger partial charge in [0.25, 0.3) is 5.22 Å². The standard InChI is InChI=1S/C16H9Cl2F3N2OS/c17-12-6-1-9(7-13(12)18)8-25-15-23-22-14(24-15)10-2-4-11(5-3-10)16(19,20)21/h1-7H,8H2. The molecule has 2 aromatic carbocycles. The molecule has 25 heavy (non-hydrogen) atoms. The third-order valence-electron chi connectivity index (χ3n) is 3.21. The Kier molecular flexibility index (Phi) is 5.27. The fourth-order valence-corrected chi connectivity index (χ4v) is 2.99. The Morgan fingerprint density at radius 3 is 2.32 bits per heavy atom. The number of benzene rings is 2. The summed E-state index contributed by atoms with van der Waals surface area (Å²) < 4.78 is 43.2. The molecule has 3 nitrogen and oxygen atoms in total. The molecule has 3 aromatic rings. The second-order valence-electron chi connectivity index (χ2n) is 4.99. The smallest absolute Gasteiger partial charge is 0.411 e. The summed E-state index contributed by atoms with van der Waals surface area (Å²) in [6.07, 6.45) is -4.38. The van der Waals surface area contributed by atoms with Gasteiger partial charge in [0.1, 0.15) is 0 Å².